The third-order valence-electron chi connectivity index (χ3n) is 2.05. The first-order valence-corrected chi connectivity index (χ1v) is 4.07. The van der Waals surface area contributed by atoms with E-state index in [0.29, 0.717) is 0 Å². The Hall–Kier alpha value is -2.11. The van der Waals surface area contributed by atoms with E-state index in [1.807, 2.05) is 0 Å². The summed E-state index contributed by atoms with van der Waals surface area (Å²) in [6.45, 7) is 0. The van der Waals surface area contributed by atoms with E-state index in [9.17, 15) is 14.4 Å². The fourth-order valence-corrected chi connectivity index (χ4v) is 1.31. The lowest BCUT2D eigenvalue weighted by Crippen LogP contribution is -2.16. The summed E-state index contributed by atoms with van der Waals surface area (Å²) in [5, 5.41) is 26.0. The zero-order valence-electron chi connectivity index (χ0n) is 7.56. The van der Waals surface area contributed by atoms with Crippen molar-refractivity contribution in [2.45, 2.75) is 12.8 Å². The van der Waals surface area contributed by atoms with Gasteiger partial charge in [-0.2, -0.15) is 0 Å². The average Bonchev–Trinajstić information content (AvgIpc) is 2.16. The van der Waals surface area contributed by atoms with E-state index >= 15 is 0 Å². The monoisotopic (exact) mass is 212 g/mol. The third-order valence-corrected chi connectivity index (χ3v) is 2.05. The molecule has 0 amide bonds. The Balaban J connectivity index is 3.22. The van der Waals surface area contributed by atoms with E-state index in [2.05, 4.69) is 0 Å². The number of carboxylic acids is 3. The number of carbonyl (C=O) groups is 3. The van der Waals surface area contributed by atoms with Gasteiger partial charge in [0.05, 0.1) is 11.1 Å². The number of aliphatic carboxylic acids is 3. The van der Waals surface area contributed by atoms with E-state index in [1.165, 1.54) is 0 Å². The summed E-state index contributed by atoms with van der Waals surface area (Å²) < 4.78 is 0. The Morgan fingerprint density at radius 2 is 1.53 bits per heavy atom. The zero-order valence-corrected chi connectivity index (χ0v) is 7.56. The van der Waals surface area contributed by atoms with E-state index in [-0.39, 0.29) is 24.0 Å². The maximum atomic E-state index is 10.7. The zero-order chi connectivity index (χ0) is 11.6. The van der Waals surface area contributed by atoms with Crippen molar-refractivity contribution in [2.75, 3.05) is 0 Å². The maximum Gasteiger partial charge on any atom is 0.336 e. The summed E-state index contributed by atoms with van der Waals surface area (Å²) >= 11 is 0. The Bertz CT molecular complexity index is 401. The van der Waals surface area contributed by atoms with Crippen molar-refractivity contribution >= 4 is 17.9 Å². The van der Waals surface area contributed by atoms with Crippen molar-refractivity contribution in [3.63, 3.8) is 0 Å². The maximum absolute atomic E-state index is 10.7. The predicted octanol–water partition coefficient (Wildman–Crippen LogP) is 0.257. The normalized spacial score (nSPS) is 15.9. The summed E-state index contributed by atoms with van der Waals surface area (Å²) in [4.78, 5) is 31.9. The molecular weight excluding hydrogens is 204 g/mol. The summed E-state index contributed by atoms with van der Waals surface area (Å²) in [6, 6.07) is 0. The second kappa shape index (κ2) is 3.95. The first-order valence-electron chi connectivity index (χ1n) is 4.07. The Labute approximate surface area is 84.1 Å². The first kappa shape index (κ1) is 11.0. The Kier molecular flexibility index (Phi) is 2.89. The molecule has 0 heterocycles. The van der Waals surface area contributed by atoms with Gasteiger partial charge in [0.1, 0.15) is 0 Å². The molecule has 0 saturated heterocycles. The lowest BCUT2D eigenvalue weighted by Gasteiger charge is -2.12. The van der Waals surface area contributed by atoms with Gasteiger partial charge in [0.15, 0.2) is 0 Å². The number of carboxylic acid groups (broad SMARTS) is 3. The molecule has 0 saturated carbocycles. The van der Waals surface area contributed by atoms with Crippen LogP contribution in [0.5, 0.6) is 0 Å². The van der Waals surface area contributed by atoms with Crippen LogP contribution in [0.3, 0.4) is 0 Å². The van der Waals surface area contributed by atoms with Gasteiger partial charge in [-0.1, -0.05) is 0 Å². The molecule has 0 aliphatic heterocycles. The Morgan fingerprint density at radius 1 is 0.933 bits per heavy atom. The molecule has 6 nitrogen and oxygen atoms in total. The summed E-state index contributed by atoms with van der Waals surface area (Å²) in [5.74, 6) is -3.97. The van der Waals surface area contributed by atoms with Gasteiger partial charge in [0, 0.05) is 5.57 Å². The van der Waals surface area contributed by atoms with Crippen LogP contribution in [0, 0.1) is 0 Å². The van der Waals surface area contributed by atoms with Crippen LogP contribution in [-0.4, -0.2) is 33.2 Å². The van der Waals surface area contributed by atoms with Crippen LogP contribution >= 0.6 is 0 Å². The molecule has 0 aromatic rings. The molecule has 0 spiro atoms. The number of hydrogen-bond acceptors (Lipinski definition) is 3. The van der Waals surface area contributed by atoms with Gasteiger partial charge in [0.2, 0.25) is 0 Å². The van der Waals surface area contributed by atoms with E-state index in [4.69, 9.17) is 15.3 Å². The summed E-state index contributed by atoms with van der Waals surface area (Å²) in [7, 11) is 0. The van der Waals surface area contributed by atoms with Crippen LogP contribution in [0.15, 0.2) is 22.8 Å². The van der Waals surface area contributed by atoms with Crippen molar-refractivity contribution in [3.8, 4) is 0 Å². The van der Waals surface area contributed by atoms with Crippen molar-refractivity contribution in [3.05, 3.63) is 22.8 Å². The average molecular weight is 212 g/mol. The van der Waals surface area contributed by atoms with Crippen molar-refractivity contribution in [2.24, 2.45) is 0 Å². The van der Waals surface area contributed by atoms with Gasteiger partial charge < -0.3 is 15.3 Å². The van der Waals surface area contributed by atoms with E-state index < -0.39 is 23.5 Å². The van der Waals surface area contributed by atoms with Crippen molar-refractivity contribution < 1.29 is 29.7 Å². The topological polar surface area (TPSA) is 112 Å². The summed E-state index contributed by atoms with van der Waals surface area (Å²) in [6.07, 6.45) is 0.862. The molecule has 0 unspecified atom stereocenters. The predicted molar refractivity (Wildman–Crippen MR) is 47.3 cm³/mol. The molecule has 0 aromatic heterocycles. The molecule has 15 heavy (non-hydrogen) atoms. The molecule has 0 fully saturated rings. The highest BCUT2D eigenvalue weighted by atomic mass is 16.4. The minimum atomic E-state index is -1.43. The van der Waals surface area contributed by atoms with Gasteiger partial charge in [0.25, 0.3) is 0 Å². The van der Waals surface area contributed by atoms with Crippen LogP contribution in [0.2, 0.25) is 0 Å². The SMILES string of the molecule is O=C(O)C1=CC(C(=O)O)=C(C(=O)O)CC1. The molecule has 0 aromatic carbocycles. The second-order valence-electron chi connectivity index (χ2n) is 2.98. The first-order chi connectivity index (χ1) is 6.93. The number of rotatable bonds is 3. The molecule has 1 aliphatic rings. The largest absolute Gasteiger partial charge is 0.478 e. The van der Waals surface area contributed by atoms with Crippen molar-refractivity contribution in [1.29, 1.82) is 0 Å². The highest BCUT2D eigenvalue weighted by molar-refractivity contribution is 6.03. The molecular formula is C9H8O6. The second-order valence-corrected chi connectivity index (χ2v) is 2.98. The van der Waals surface area contributed by atoms with Gasteiger partial charge >= 0.3 is 17.9 Å². The standard InChI is InChI=1S/C9H8O6/c10-7(11)4-1-2-5(8(12)13)6(3-4)9(14)15/h3H,1-2H2,(H,10,11)(H,12,13)(H,14,15). The van der Waals surface area contributed by atoms with Crippen molar-refractivity contribution in [1.82, 2.24) is 0 Å². The molecule has 6 heteroatoms. The molecule has 80 valence electrons. The van der Waals surface area contributed by atoms with Crippen LogP contribution in [0.4, 0.5) is 0 Å². The highest BCUT2D eigenvalue weighted by Crippen LogP contribution is 2.24. The fourth-order valence-electron chi connectivity index (χ4n) is 1.31. The molecule has 0 radical (unpaired) electrons. The molecule has 0 atom stereocenters. The lowest BCUT2D eigenvalue weighted by atomic mass is 9.92. The van der Waals surface area contributed by atoms with Crippen LogP contribution in [0.1, 0.15) is 12.8 Å². The van der Waals surface area contributed by atoms with E-state index in [1.54, 1.807) is 0 Å². The van der Waals surface area contributed by atoms with Gasteiger partial charge in [-0.3, -0.25) is 0 Å². The van der Waals surface area contributed by atoms with Gasteiger partial charge in [-0.15, -0.1) is 0 Å². The summed E-state index contributed by atoms with van der Waals surface area (Å²) in [5.41, 5.74) is -0.795. The van der Waals surface area contributed by atoms with Gasteiger partial charge in [-0.25, -0.2) is 14.4 Å². The van der Waals surface area contributed by atoms with Gasteiger partial charge in [-0.05, 0) is 18.9 Å². The molecule has 1 rings (SSSR count). The smallest absolute Gasteiger partial charge is 0.336 e. The fraction of sp³-hybridized carbons (Fsp3) is 0.222. The lowest BCUT2D eigenvalue weighted by molar-refractivity contribution is -0.136. The van der Waals surface area contributed by atoms with E-state index in [0.717, 1.165) is 6.08 Å². The third kappa shape index (κ3) is 2.22. The quantitative estimate of drug-likeness (QED) is 0.618. The van der Waals surface area contributed by atoms with Crippen LogP contribution in [0.25, 0.3) is 0 Å². The van der Waals surface area contributed by atoms with Crippen LogP contribution in [-0.2, 0) is 14.4 Å². The highest BCUT2D eigenvalue weighted by Gasteiger charge is 2.25. The Morgan fingerprint density at radius 3 is 1.93 bits per heavy atom. The van der Waals surface area contributed by atoms with Crippen LogP contribution < -0.4 is 0 Å². The minimum Gasteiger partial charge on any atom is -0.478 e. The molecule has 1 aliphatic carbocycles. The minimum absolute atomic E-state index is 0.0355. The molecule has 0 bridgehead atoms. The molecule has 3 N–H and O–H groups in total. The number of hydrogen-bond donors (Lipinski definition) is 3.